The molecule has 0 unspecified atom stereocenters. The molecule has 0 bridgehead atoms. The van der Waals surface area contributed by atoms with Crippen molar-refractivity contribution in [3.63, 3.8) is 0 Å². The average Bonchev–Trinajstić information content (AvgIpc) is 3.31. The van der Waals surface area contributed by atoms with E-state index in [0.717, 1.165) is 34.1 Å². The molecule has 0 amide bonds. The van der Waals surface area contributed by atoms with Gasteiger partial charge in [0.15, 0.2) is 5.82 Å². The van der Waals surface area contributed by atoms with Crippen molar-refractivity contribution >= 4 is 17.5 Å². The summed E-state index contributed by atoms with van der Waals surface area (Å²) in [5.74, 6) is 3.99. The molecule has 0 aliphatic heterocycles. The number of rotatable bonds is 9. The van der Waals surface area contributed by atoms with E-state index < -0.39 is 0 Å². The molecule has 0 radical (unpaired) electrons. The Bertz CT molecular complexity index is 1170. The summed E-state index contributed by atoms with van der Waals surface area (Å²) in [5, 5.41) is 15.0. The van der Waals surface area contributed by atoms with Crippen LogP contribution in [0.1, 0.15) is 5.56 Å². The SMILES string of the molecule is COc1cccc(Nc2nnc(-c3cccnc3NCc3cc(OC)cc(OC)c3)[nH]2)c1. The number of methoxy groups -OCH3 is 3. The molecule has 0 saturated carbocycles. The maximum Gasteiger partial charge on any atom is 0.226 e. The second kappa shape index (κ2) is 9.69. The van der Waals surface area contributed by atoms with Gasteiger partial charge in [-0.1, -0.05) is 6.07 Å². The molecule has 0 aliphatic rings. The molecule has 2 heterocycles. The molecule has 0 spiro atoms. The minimum atomic E-state index is 0.514. The molecule has 0 atom stereocenters. The summed E-state index contributed by atoms with van der Waals surface area (Å²) in [5.41, 5.74) is 2.63. The van der Waals surface area contributed by atoms with Crippen LogP contribution in [0.25, 0.3) is 11.4 Å². The van der Waals surface area contributed by atoms with E-state index in [2.05, 4.69) is 30.8 Å². The Labute approximate surface area is 185 Å². The van der Waals surface area contributed by atoms with Crippen molar-refractivity contribution in [1.29, 1.82) is 0 Å². The van der Waals surface area contributed by atoms with Crippen LogP contribution >= 0.6 is 0 Å². The maximum absolute atomic E-state index is 5.35. The topological polar surface area (TPSA) is 106 Å². The molecule has 4 rings (SSSR count). The van der Waals surface area contributed by atoms with Crippen LogP contribution in [0.5, 0.6) is 17.2 Å². The summed E-state index contributed by atoms with van der Waals surface area (Å²) in [6.07, 6.45) is 1.73. The van der Waals surface area contributed by atoms with Crippen molar-refractivity contribution in [1.82, 2.24) is 20.2 Å². The summed E-state index contributed by atoms with van der Waals surface area (Å²) in [7, 11) is 4.89. The van der Waals surface area contributed by atoms with Crippen LogP contribution in [0.15, 0.2) is 60.8 Å². The first-order chi connectivity index (χ1) is 15.7. The Morgan fingerprint density at radius 2 is 1.62 bits per heavy atom. The first kappa shape index (κ1) is 21.0. The zero-order valence-corrected chi connectivity index (χ0v) is 18.0. The van der Waals surface area contributed by atoms with Gasteiger partial charge in [-0.25, -0.2) is 4.98 Å². The van der Waals surface area contributed by atoms with E-state index in [0.29, 0.717) is 24.1 Å². The fraction of sp³-hybridized carbons (Fsp3) is 0.174. The highest BCUT2D eigenvalue weighted by Crippen LogP contribution is 2.27. The number of benzene rings is 2. The van der Waals surface area contributed by atoms with Crippen molar-refractivity contribution in [3.05, 3.63) is 66.4 Å². The van der Waals surface area contributed by atoms with E-state index in [4.69, 9.17) is 14.2 Å². The molecule has 0 aliphatic carbocycles. The number of H-pyrrole nitrogens is 1. The number of aromatic amines is 1. The van der Waals surface area contributed by atoms with Gasteiger partial charge in [-0.05, 0) is 42.0 Å². The summed E-state index contributed by atoms with van der Waals surface area (Å²) >= 11 is 0. The first-order valence-electron chi connectivity index (χ1n) is 9.93. The van der Waals surface area contributed by atoms with Crippen LogP contribution in [0.2, 0.25) is 0 Å². The minimum absolute atomic E-state index is 0.514. The number of hydrogen-bond acceptors (Lipinski definition) is 8. The molecule has 2 aromatic heterocycles. The fourth-order valence-electron chi connectivity index (χ4n) is 3.17. The molecule has 2 aromatic carbocycles. The third-order valence-corrected chi connectivity index (χ3v) is 4.75. The second-order valence-electron chi connectivity index (χ2n) is 6.85. The molecule has 9 heteroatoms. The van der Waals surface area contributed by atoms with Crippen molar-refractivity contribution in [3.8, 4) is 28.6 Å². The zero-order valence-electron chi connectivity index (χ0n) is 18.0. The largest absolute Gasteiger partial charge is 0.497 e. The van der Waals surface area contributed by atoms with Crippen LogP contribution in [0, 0.1) is 0 Å². The second-order valence-corrected chi connectivity index (χ2v) is 6.85. The predicted octanol–water partition coefficient (Wildman–Crippen LogP) is 4.25. The lowest BCUT2D eigenvalue weighted by atomic mass is 10.2. The summed E-state index contributed by atoms with van der Waals surface area (Å²) in [6.45, 7) is 0.528. The summed E-state index contributed by atoms with van der Waals surface area (Å²) in [4.78, 5) is 7.67. The van der Waals surface area contributed by atoms with Crippen molar-refractivity contribution in [2.75, 3.05) is 32.0 Å². The van der Waals surface area contributed by atoms with Crippen LogP contribution in [0.4, 0.5) is 17.5 Å². The highest BCUT2D eigenvalue weighted by Gasteiger charge is 2.12. The van der Waals surface area contributed by atoms with Gasteiger partial charge in [-0.2, -0.15) is 0 Å². The number of nitrogens with zero attached hydrogens (tertiary/aromatic N) is 3. The van der Waals surface area contributed by atoms with Gasteiger partial charge in [0.1, 0.15) is 23.1 Å². The number of aromatic nitrogens is 4. The highest BCUT2D eigenvalue weighted by atomic mass is 16.5. The molecule has 0 fully saturated rings. The van der Waals surface area contributed by atoms with Gasteiger partial charge in [-0.3, -0.25) is 0 Å². The molecule has 32 heavy (non-hydrogen) atoms. The molecule has 164 valence electrons. The highest BCUT2D eigenvalue weighted by molar-refractivity contribution is 5.71. The van der Waals surface area contributed by atoms with Crippen molar-refractivity contribution in [2.24, 2.45) is 0 Å². The number of nitrogens with one attached hydrogen (secondary N) is 3. The smallest absolute Gasteiger partial charge is 0.226 e. The lowest BCUT2D eigenvalue weighted by Gasteiger charge is -2.11. The summed E-state index contributed by atoms with van der Waals surface area (Å²) < 4.78 is 16.0. The van der Waals surface area contributed by atoms with E-state index in [1.54, 1.807) is 27.5 Å². The lowest BCUT2D eigenvalue weighted by Crippen LogP contribution is -2.04. The standard InChI is InChI=1S/C23H24N6O3/c1-30-17-7-4-6-16(12-17)26-23-27-22(28-29-23)20-8-5-9-24-21(20)25-14-15-10-18(31-2)13-19(11-15)32-3/h4-13H,14H2,1-3H3,(H,24,25)(H2,26,27,28,29). The van der Waals surface area contributed by atoms with Gasteiger partial charge in [-0.15, -0.1) is 10.2 Å². The van der Waals surface area contributed by atoms with E-state index >= 15 is 0 Å². The Balaban J connectivity index is 1.51. The van der Waals surface area contributed by atoms with Gasteiger partial charge in [0.2, 0.25) is 5.95 Å². The minimum Gasteiger partial charge on any atom is -0.497 e. The summed E-state index contributed by atoms with van der Waals surface area (Å²) in [6, 6.07) is 17.1. The Morgan fingerprint density at radius 3 is 2.38 bits per heavy atom. The van der Waals surface area contributed by atoms with E-state index in [1.807, 2.05) is 54.6 Å². The zero-order chi connectivity index (χ0) is 22.3. The van der Waals surface area contributed by atoms with Crippen LogP contribution in [0.3, 0.4) is 0 Å². The van der Waals surface area contributed by atoms with Crippen LogP contribution < -0.4 is 24.8 Å². The van der Waals surface area contributed by atoms with Crippen molar-refractivity contribution in [2.45, 2.75) is 6.54 Å². The van der Waals surface area contributed by atoms with E-state index in [-0.39, 0.29) is 0 Å². The number of hydrogen-bond donors (Lipinski definition) is 3. The molecule has 9 nitrogen and oxygen atoms in total. The average molecular weight is 432 g/mol. The van der Waals surface area contributed by atoms with Gasteiger partial charge in [0.25, 0.3) is 0 Å². The normalized spacial score (nSPS) is 10.5. The monoisotopic (exact) mass is 432 g/mol. The third kappa shape index (κ3) is 4.89. The van der Waals surface area contributed by atoms with Crippen LogP contribution in [-0.4, -0.2) is 41.5 Å². The lowest BCUT2D eigenvalue weighted by molar-refractivity contribution is 0.393. The van der Waals surface area contributed by atoms with Gasteiger partial charge >= 0.3 is 0 Å². The molecule has 4 aromatic rings. The molecular formula is C23H24N6O3. The predicted molar refractivity (Wildman–Crippen MR) is 123 cm³/mol. The Kier molecular flexibility index (Phi) is 6.35. The van der Waals surface area contributed by atoms with E-state index in [9.17, 15) is 0 Å². The number of pyridine rings is 1. The van der Waals surface area contributed by atoms with Gasteiger partial charge in [0.05, 0.1) is 26.9 Å². The Morgan fingerprint density at radius 1 is 0.844 bits per heavy atom. The number of anilines is 3. The fourth-order valence-corrected chi connectivity index (χ4v) is 3.17. The molecular weight excluding hydrogens is 408 g/mol. The third-order valence-electron chi connectivity index (χ3n) is 4.75. The molecule has 3 N–H and O–H groups in total. The van der Waals surface area contributed by atoms with Gasteiger partial charge in [0, 0.05) is 30.6 Å². The maximum atomic E-state index is 5.35. The van der Waals surface area contributed by atoms with Crippen LogP contribution in [-0.2, 0) is 6.54 Å². The van der Waals surface area contributed by atoms with Gasteiger partial charge < -0.3 is 29.8 Å². The van der Waals surface area contributed by atoms with Crippen molar-refractivity contribution < 1.29 is 14.2 Å². The Hall–Kier alpha value is -4.27. The molecule has 0 saturated heterocycles. The first-order valence-corrected chi connectivity index (χ1v) is 9.93. The van der Waals surface area contributed by atoms with E-state index in [1.165, 1.54) is 0 Å². The number of ether oxygens (including phenoxy) is 3. The quantitative estimate of drug-likeness (QED) is 0.360.